The van der Waals surface area contributed by atoms with E-state index < -0.39 is 5.41 Å². The van der Waals surface area contributed by atoms with Gasteiger partial charge in [-0.25, -0.2) is 0 Å². The topological polar surface area (TPSA) is 74.4 Å². The summed E-state index contributed by atoms with van der Waals surface area (Å²) in [5, 5.41) is 4.32. The number of benzene rings is 4. The highest BCUT2D eigenvalue weighted by Crippen LogP contribution is 2.53. The third-order valence-electron chi connectivity index (χ3n) is 6.24. The van der Waals surface area contributed by atoms with Crippen molar-refractivity contribution in [1.29, 1.82) is 0 Å². The molecule has 1 aliphatic heterocycles. The molecule has 4 aromatic carbocycles. The summed E-state index contributed by atoms with van der Waals surface area (Å²) in [5.74, 6) is 2.52. The summed E-state index contributed by atoms with van der Waals surface area (Å²) in [4.78, 5) is 0. The minimum Gasteiger partial charge on any atom is -0.468 e. The molecule has 30 heavy (non-hydrogen) atoms. The molecule has 0 saturated heterocycles. The third-order valence-corrected chi connectivity index (χ3v) is 6.24. The summed E-state index contributed by atoms with van der Waals surface area (Å²) >= 11 is 0. The Kier molecular flexibility index (Phi) is 3.28. The van der Waals surface area contributed by atoms with E-state index in [0.29, 0.717) is 0 Å². The van der Waals surface area contributed by atoms with Gasteiger partial charge in [-0.05, 0) is 89.1 Å². The predicted octanol–water partition coefficient (Wildman–Crippen LogP) is 6.21. The number of anilines is 2. The zero-order valence-electron chi connectivity index (χ0n) is 16.5. The Morgan fingerprint density at radius 1 is 0.667 bits per heavy atom. The van der Waals surface area contributed by atoms with Crippen molar-refractivity contribution in [3.05, 3.63) is 95.9 Å². The van der Waals surface area contributed by atoms with Gasteiger partial charge in [0.1, 0.15) is 17.3 Å². The lowest BCUT2D eigenvalue weighted by Gasteiger charge is -2.36. The second-order valence-electron chi connectivity index (χ2n) is 8.11. The van der Waals surface area contributed by atoms with Crippen molar-refractivity contribution in [3.63, 3.8) is 0 Å². The standard InChI is InChI=1S/C26H20N2O2/c1-26(25-3-2-8-29-25)21-11-17-9-19(27)6-4-15(17)13-23(21)30-24-14-16-5-7-20(28)10-18(16)12-22(24)26/h2-14H,27-28H2,1H3. The van der Waals surface area contributed by atoms with Gasteiger partial charge < -0.3 is 20.6 Å². The second-order valence-corrected chi connectivity index (χ2v) is 8.11. The Bertz CT molecular complexity index is 1360. The molecule has 0 spiro atoms. The molecule has 1 aromatic heterocycles. The fourth-order valence-corrected chi connectivity index (χ4v) is 4.63. The van der Waals surface area contributed by atoms with Gasteiger partial charge in [-0.1, -0.05) is 12.1 Å². The van der Waals surface area contributed by atoms with Crippen molar-refractivity contribution < 1.29 is 9.15 Å². The zero-order chi connectivity index (χ0) is 20.5. The molecule has 0 atom stereocenters. The molecule has 4 heteroatoms. The summed E-state index contributed by atoms with van der Waals surface area (Å²) in [6.45, 7) is 2.18. The molecule has 146 valence electrons. The van der Waals surface area contributed by atoms with Gasteiger partial charge in [0.05, 0.1) is 11.7 Å². The summed E-state index contributed by atoms with van der Waals surface area (Å²) in [6.07, 6.45) is 1.72. The monoisotopic (exact) mass is 392 g/mol. The van der Waals surface area contributed by atoms with Crippen LogP contribution in [0.1, 0.15) is 23.8 Å². The maximum Gasteiger partial charge on any atom is 0.132 e. The van der Waals surface area contributed by atoms with Gasteiger partial charge in [-0.15, -0.1) is 0 Å². The number of nitrogens with two attached hydrogens (primary N) is 2. The Morgan fingerprint density at radius 2 is 1.23 bits per heavy atom. The van der Waals surface area contributed by atoms with E-state index in [1.54, 1.807) is 6.26 Å². The van der Waals surface area contributed by atoms with E-state index in [0.717, 1.165) is 61.3 Å². The van der Waals surface area contributed by atoms with E-state index in [-0.39, 0.29) is 0 Å². The van der Waals surface area contributed by atoms with Crippen LogP contribution in [0.3, 0.4) is 0 Å². The second kappa shape index (κ2) is 5.80. The summed E-state index contributed by atoms with van der Waals surface area (Å²) < 4.78 is 12.4. The van der Waals surface area contributed by atoms with Crippen LogP contribution in [0.2, 0.25) is 0 Å². The Labute approximate surface area is 173 Å². The maximum absolute atomic E-state index is 6.44. The quantitative estimate of drug-likeness (QED) is 0.333. The van der Waals surface area contributed by atoms with Crippen molar-refractivity contribution in [2.45, 2.75) is 12.3 Å². The molecule has 1 aliphatic rings. The first-order chi connectivity index (χ1) is 14.5. The molecule has 0 saturated carbocycles. The summed E-state index contributed by atoms with van der Waals surface area (Å²) in [6, 6.07) is 24.3. The smallest absolute Gasteiger partial charge is 0.132 e. The molecule has 5 aromatic rings. The van der Waals surface area contributed by atoms with Crippen LogP contribution in [-0.2, 0) is 5.41 Å². The fraction of sp³-hybridized carbons (Fsp3) is 0.0769. The maximum atomic E-state index is 6.44. The van der Waals surface area contributed by atoms with Gasteiger partial charge in [-0.2, -0.15) is 0 Å². The molecule has 4 N–H and O–H groups in total. The average Bonchev–Trinajstić information content (AvgIpc) is 3.28. The number of rotatable bonds is 1. The van der Waals surface area contributed by atoms with E-state index in [2.05, 4.69) is 31.2 Å². The average molecular weight is 392 g/mol. The molecule has 0 amide bonds. The molecule has 2 heterocycles. The highest BCUT2D eigenvalue weighted by atomic mass is 16.5. The summed E-state index contributed by atoms with van der Waals surface area (Å²) in [7, 11) is 0. The molecular weight excluding hydrogens is 372 g/mol. The van der Waals surface area contributed by atoms with Gasteiger partial charge in [0.2, 0.25) is 0 Å². The molecule has 4 nitrogen and oxygen atoms in total. The van der Waals surface area contributed by atoms with Crippen LogP contribution in [0.25, 0.3) is 21.5 Å². The van der Waals surface area contributed by atoms with Gasteiger partial charge in [0.15, 0.2) is 0 Å². The number of hydrogen-bond donors (Lipinski definition) is 2. The lowest BCUT2D eigenvalue weighted by atomic mass is 9.71. The Morgan fingerprint density at radius 3 is 1.73 bits per heavy atom. The van der Waals surface area contributed by atoms with Gasteiger partial charge in [0.25, 0.3) is 0 Å². The Hall–Kier alpha value is -3.92. The molecule has 0 radical (unpaired) electrons. The van der Waals surface area contributed by atoms with Crippen molar-refractivity contribution in [1.82, 2.24) is 0 Å². The van der Waals surface area contributed by atoms with E-state index in [1.165, 1.54) is 0 Å². The van der Waals surface area contributed by atoms with Crippen molar-refractivity contribution in [2.24, 2.45) is 0 Å². The number of nitrogen functional groups attached to an aromatic ring is 2. The van der Waals surface area contributed by atoms with Crippen LogP contribution >= 0.6 is 0 Å². The molecule has 0 fully saturated rings. The van der Waals surface area contributed by atoms with Crippen LogP contribution < -0.4 is 16.2 Å². The lowest BCUT2D eigenvalue weighted by Crippen LogP contribution is -2.29. The molecule has 6 rings (SSSR count). The lowest BCUT2D eigenvalue weighted by molar-refractivity contribution is 0.388. The minimum atomic E-state index is -0.524. The summed E-state index contributed by atoms with van der Waals surface area (Å²) in [5.41, 5.74) is 15.2. The van der Waals surface area contributed by atoms with Crippen LogP contribution in [-0.4, -0.2) is 0 Å². The highest BCUT2D eigenvalue weighted by Gasteiger charge is 2.42. The van der Waals surface area contributed by atoms with Crippen LogP contribution in [0.5, 0.6) is 11.5 Å². The van der Waals surface area contributed by atoms with Crippen LogP contribution in [0, 0.1) is 0 Å². The van der Waals surface area contributed by atoms with Crippen LogP contribution in [0.4, 0.5) is 11.4 Å². The molecule has 0 bridgehead atoms. The van der Waals surface area contributed by atoms with E-state index in [9.17, 15) is 0 Å². The third kappa shape index (κ3) is 2.28. The largest absolute Gasteiger partial charge is 0.468 e. The van der Waals surface area contributed by atoms with E-state index in [1.807, 2.05) is 48.5 Å². The number of furan rings is 1. The first-order valence-electron chi connectivity index (χ1n) is 9.92. The van der Waals surface area contributed by atoms with Crippen molar-refractivity contribution in [3.8, 4) is 11.5 Å². The first kappa shape index (κ1) is 17.0. The van der Waals surface area contributed by atoms with Crippen molar-refractivity contribution in [2.75, 3.05) is 11.5 Å². The first-order valence-corrected chi connectivity index (χ1v) is 9.92. The Balaban J connectivity index is 1.71. The number of ether oxygens (including phenoxy) is 1. The number of fused-ring (bicyclic) bond motifs is 4. The van der Waals surface area contributed by atoms with Gasteiger partial charge in [0, 0.05) is 22.5 Å². The normalized spacial score (nSPS) is 14.3. The fourth-order valence-electron chi connectivity index (χ4n) is 4.63. The molecular formula is C26H20N2O2. The molecule has 0 aliphatic carbocycles. The predicted molar refractivity (Wildman–Crippen MR) is 121 cm³/mol. The van der Waals surface area contributed by atoms with Gasteiger partial charge in [-0.3, -0.25) is 0 Å². The zero-order valence-corrected chi connectivity index (χ0v) is 16.5. The molecule has 0 unspecified atom stereocenters. The minimum absolute atomic E-state index is 0.524. The van der Waals surface area contributed by atoms with Gasteiger partial charge >= 0.3 is 0 Å². The van der Waals surface area contributed by atoms with E-state index in [4.69, 9.17) is 20.6 Å². The highest BCUT2D eigenvalue weighted by molar-refractivity contribution is 5.91. The SMILES string of the molecule is CC1(c2ccco2)c2cc3cc(N)ccc3cc2Oc2cc3ccc(N)cc3cc21. The van der Waals surface area contributed by atoms with E-state index >= 15 is 0 Å². The number of hydrogen-bond acceptors (Lipinski definition) is 4. The van der Waals surface area contributed by atoms with Crippen molar-refractivity contribution >= 4 is 32.9 Å². The van der Waals surface area contributed by atoms with Crippen LogP contribution in [0.15, 0.2) is 83.5 Å².